The van der Waals surface area contributed by atoms with Crippen LogP contribution in [0.3, 0.4) is 0 Å². The zero-order chi connectivity index (χ0) is 15.3. The monoisotopic (exact) mass is 295 g/mol. The Labute approximate surface area is 125 Å². The fourth-order valence-electron chi connectivity index (χ4n) is 3.10. The van der Waals surface area contributed by atoms with Gasteiger partial charge >= 0.3 is 0 Å². The molecular weight excluding hydrogens is 270 g/mol. The van der Waals surface area contributed by atoms with E-state index in [0.717, 1.165) is 24.8 Å². The van der Waals surface area contributed by atoms with Crippen LogP contribution in [-0.2, 0) is 6.54 Å². The van der Waals surface area contributed by atoms with Crippen LogP contribution in [-0.4, -0.2) is 41.4 Å². The molecule has 0 spiro atoms. The van der Waals surface area contributed by atoms with E-state index in [4.69, 9.17) is 9.47 Å². The number of rotatable bonds is 6. The average molecular weight is 295 g/mol. The predicted molar refractivity (Wildman–Crippen MR) is 79.4 cm³/mol. The molecule has 6 nitrogen and oxygen atoms in total. The lowest BCUT2D eigenvalue weighted by Gasteiger charge is -2.35. The highest BCUT2D eigenvalue weighted by Gasteiger charge is 2.32. The van der Waals surface area contributed by atoms with Crippen molar-refractivity contribution < 1.29 is 14.6 Å². The maximum absolute atomic E-state index is 10.6. The van der Waals surface area contributed by atoms with Gasteiger partial charge in [-0.15, -0.1) is 0 Å². The zero-order valence-corrected chi connectivity index (χ0v) is 13.1. The topological polar surface area (TPSA) is 76.5 Å². The third-order valence-corrected chi connectivity index (χ3v) is 4.08. The normalized spacial score (nSPS) is 25.6. The highest BCUT2D eigenvalue weighted by molar-refractivity contribution is 5.34. The second-order valence-electron chi connectivity index (χ2n) is 5.90. The Hall–Kier alpha value is -1.40. The first kappa shape index (κ1) is 16.0. The molecule has 2 atom stereocenters. The van der Waals surface area contributed by atoms with Crippen molar-refractivity contribution in [1.82, 2.24) is 15.3 Å². The summed E-state index contributed by atoms with van der Waals surface area (Å²) in [4.78, 5) is 8.17. The van der Waals surface area contributed by atoms with Gasteiger partial charge in [0.05, 0.1) is 25.4 Å². The largest absolute Gasteiger partial charge is 0.481 e. The highest BCUT2D eigenvalue weighted by atomic mass is 16.5. The minimum Gasteiger partial charge on any atom is -0.481 e. The molecule has 2 rings (SSSR count). The van der Waals surface area contributed by atoms with E-state index < -0.39 is 5.60 Å². The van der Waals surface area contributed by atoms with Crippen LogP contribution in [0.15, 0.2) is 6.33 Å². The van der Waals surface area contributed by atoms with Gasteiger partial charge in [0, 0.05) is 13.1 Å². The second kappa shape index (κ2) is 7.04. The number of aliphatic hydroxyl groups is 1. The number of ether oxygens (including phenoxy) is 2. The van der Waals surface area contributed by atoms with Crippen molar-refractivity contribution in [1.29, 1.82) is 0 Å². The lowest BCUT2D eigenvalue weighted by atomic mass is 9.79. The molecule has 118 valence electrons. The molecule has 1 aliphatic carbocycles. The molecule has 1 aromatic rings. The van der Waals surface area contributed by atoms with Crippen LogP contribution in [0.5, 0.6) is 11.8 Å². The number of nitrogens with zero attached hydrogens (tertiary/aromatic N) is 2. The van der Waals surface area contributed by atoms with Gasteiger partial charge in [-0.25, -0.2) is 9.97 Å². The Kier molecular flexibility index (Phi) is 5.36. The standard InChI is InChI=1S/C15H25N3O3/c1-11-5-4-6-15(19,7-11)9-16-8-12-13(20-2)17-10-18-14(12)21-3/h10-11,16,19H,4-9H2,1-3H3. The summed E-state index contributed by atoms with van der Waals surface area (Å²) in [6.45, 7) is 3.25. The summed E-state index contributed by atoms with van der Waals surface area (Å²) < 4.78 is 10.5. The van der Waals surface area contributed by atoms with Gasteiger partial charge < -0.3 is 19.9 Å². The molecule has 0 saturated heterocycles. The van der Waals surface area contributed by atoms with Gasteiger partial charge in [-0.1, -0.05) is 19.8 Å². The van der Waals surface area contributed by atoms with Crippen molar-refractivity contribution in [2.45, 2.75) is 44.8 Å². The van der Waals surface area contributed by atoms with Gasteiger partial charge in [-0.05, 0) is 18.8 Å². The SMILES string of the molecule is COc1ncnc(OC)c1CNCC1(O)CCCC(C)C1. The van der Waals surface area contributed by atoms with Gasteiger partial charge in [-0.3, -0.25) is 0 Å². The van der Waals surface area contributed by atoms with E-state index in [2.05, 4.69) is 22.2 Å². The lowest BCUT2D eigenvalue weighted by Crippen LogP contribution is -2.43. The van der Waals surface area contributed by atoms with Crippen LogP contribution in [0.25, 0.3) is 0 Å². The number of nitrogens with one attached hydrogen (secondary N) is 1. The highest BCUT2D eigenvalue weighted by Crippen LogP contribution is 2.32. The van der Waals surface area contributed by atoms with Crippen molar-refractivity contribution in [2.24, 2.45) is 5.92 Å². The fraction of sp³-hybridized carbons (Fsp3) is 0.733. The molecule has 0 radical (unpaired) electrons. The fourth-order valence-corrected chi connectivity index (χ4v) is 3.10. The van der Waals surface area contributed by atoms with E-state index in [-0.39, 0.29) is 0 Å². The summed E-state index contributed by atoms with van der Waals surface area (Å²) in [5.74, 6) is 1.58. The first-order chi connectivity index (χ1) is 10.1. The van der Waals surface area contributed by atoms with E-state index in [9.17, 15) is 5.11 Å². The third-order valence-electron chi connectivity index (χ3n) is 4.08. The van der Waals surface area contributed by atoms with Crippen LogP contribution in [0.4, 0.5) is 0 Å². The van der Waals surface area contributed by atoms with Crippen LogP contribution < -0.4 is 14.8 Å². The maximum Gasteiger partial charge on any atom is 0.224 e. The van der Waals surface area contributed by atoms with E-state index in [1.807, 2.05) is 0 Å². The van der Waals surface area contributed by atoms with Gasteiger partial charge in [0.2, 0.25) is 11.8 Å². The molecule has 1 fully saturated rings. The Balaban J connectivity index is 1.97. The Morgan fingerprint density at radius 1 is 1.33 bits per heavy atom. The molecular formula is C15H25N3O3. The average Bonchev–Trinajstić information content (AvgIpc) is 2.46. The maximum atomic E-state index is 10.6. The van der Waals surface area contributed by atoms with Crippen molar-refractivity contribution in [3.63, 3.8) is 0 Å². The minimum atomic E-state index is -0.617. The number of aromatic nitrogens is 2. The molecule has 6 heteroatoms. The summed E-state index contributed by atoms with van der Waals surface area (Å²) >= 11 is 0. The molecule has 1 aromatic heterocycles. The minimum absolute atomic E-state index is 0.498. The number of methoxy groups -OCH3 is 2. The molecule has 1 heterocycles. The molecule has 2 N–H and O–H groups in total. The van der Waals surface area contributed by atoms with Gasteiger partial charge in [-0.2, -0.15) is 0 Å². The van der Waals surface area contributed by atoms with Crippen LogP contribution in [0.1, 0.15) is 38.2 Å². The summed E-state index contributed by atoms with van der Waals surface area (Å²) in [6, 6.07) is 0. The Bertz CT molecular complexity index is 447. The smallest absolute Gasteiger partial charge is 0.224 e. The number of hydrogen-bond acceptors (Lipinski definition) is 6. The van der Waals surface area contributed by atoms with E-state index >= 15 is 0 Å². The molecule has 2 unspecified atom stereocenters. The Morgan fingerprint density at radius 2 is 2.00 bits per heavy atom. The Morgan fingerprint density at radius 3 is 2.57 bits per heavy atom. The van der Waals surface area contributed by atoms with E-state index in [0.29, 0.717) is 30.8 Å². The van der Waals surface area contributed by atoms with Crippen molar-refractivity contribution in [2.75, 3.05) is 20.8 Å². The van der Waals surface area contributed by atoms with Crippen LogP contribution >= 0.6 is 0 Å². The van der Waals surface area contributed by atoms with Crippen molar-refractivity contribution in [3.8, 4) is 11.8 Å². The predicted octanol–water partition coefficient (Wildman–Crippen LogP) is 1.52. The molecule has 0 aliphatic heterocycles. The summed E-state index contributed by atoms with van der Waals surface area (Å²) in [5.41, 5.74) is 0.156. The van der Waals surface area contributed by atoms with Crippen LogP contribution in [0.2, 0.25) is 0 Å². The summed E-state index contributed by atoms with van der Waals surface area (Å²) in [7, 11) is 3.14. The van der Waals surface area contributed by atoms with Crippen molar-refractivity contribution >= 4 is 0 Å². The molecule has 21 heavy (non-hydrogen) atoms. The van der Waals surface area contributed by atoms with Crippen molar-refractivity contribution in [3.05, 3.63) is 11.9 Å². The molecule has 0 amide bonds. The molecule has 1 saturated carbocycles. The molecule has 0 bridgehead atoms. The van der Waals surface area contributed by atoms with Gasteiger partial charge in [0.15, 0.2) is 0 Å². The van der Waals surface area contributed by atoms with Gasteiger partial charge in [0.25, 0.3) is 0 Å². The summed E-state index contributed by atoms with van der Waals surface area (Å²) in [6.07, 6.45) is 5.40. The molecule has 1 aliphatic rings. The van der Waals surface area contributed by atoms with E-state index in [1.165, 1.54) is 12.7 Å². The van der Waals surface area contributed by atoms with Crippen LogP contribution in [0, 0.1) is 5.92 Å². The first-order valence-electron chi connectivity index (χ1n) is 7.43. The quantitative estimate of drug-likeness (QED) is 0.829. The molecule has 0 aromatic carbocycles. The summed E-state index contributed by atoms with van der Waals surface area (Å²) in [5, 5.41) is 13.9. The third kappa shape index (κ3) is 4.04. The van der Waals surface area contributed by atoms with Gasteiger partial charge in [0.1, 0.15) is 6.33 Å². The van der Waals surface area contributed by atoms with E-state index in [1.54, 1.807) is 14.2 Å². The zero-order valence-electron chi connectivity index (χ0n) is 13.1. The first-order valence-corrected chi connectivity index (χ1v) is 7.43. The number of hydrogen-bond donors (Lipinski definition) is 2. The lowest BCUT2D eigenvalue weighted by molar-refractivity contribution is -0.0120. The second-order valence-corrected chi connectivity index (χ2v) is 5.90.